The van der Waals surface area contributed by atoms with Gasteiger partial charge in [-0.2, -0.15) is 4.21 Å². The van der Waals surface area contributed by atoms with E-state index in [1.165, 1.54) is 0 Å². The SMILES string of the molecule is O.O.O.O.O=S(O)O.[Pu]. The molecule has 0 rings (SSSR count). The summed E-state index contributed by atoms with van der Waals surface area (Å²) in [7, 11) is 0. The molecule has 0 radical (unpaired) electrons. The van der Waals surface area contributed by atoms with Crippen LogP contribution in [-0.2, 0) is 11.4 Å². The predicted molar refractivity (Wildman–Crippen MR) is 27.9 cm³/mol. The van der Waals surface area contributed by atoms with E-state index in [0.29, 0.717) is 0 Å². The molecular formula is H10O7PuS. The maximum absolute atomic E-state index is 8.67. The van der Waals surface area contributed by atoms with Crippen LogP contribution < -0.4 is 0 Å². The fourth-order valence-corrected chi connectivity index (χ4v) is 0. The molecule has 0 aromatic carbocycles. The zero-order valence-electron chi connectivity index (χ0n) is 4.12. The molecule has 0 saturated carbocycles. The normalized spacial score (nSPS) is 3.89. The van der Waals surface area contributed by atoms with Crippen molar-refractivity contribution in [1.82, 2.24) is 0 Å². The fourth-order valence-electron chi connectivity index (χ4n) is 0. The second-order valence-corrected chi connectivity index (χ2v) is 0.692. The van der Waals surface area contributed by atoms with Gasteiger partial charge in [-0.1, -0.05) is 0 Å². The van der Waals surface area contributed by atoms with E-state index >= 15 is 0 Å². The molecule has 0 aliphatic rings. The molecule has 9 heavy (non-hydrogen) atoms. The van der Waals surface area contributed by atoms with Crippen LogP contribution in [0, 0.1) is 29.2 Å². The van der Waals surface area contributed by atoms with Crippen molar-refractivity contribution in [3.63, 3.8) is 0 Å². The van der Waals surface area contributed by atoms with E-state index < -0.39 is 11.4 Å². The van der Waals surface area contributed by atoms with Crippen LogP contribution in [0.15, 0.2) is 0 Å². The van der Waals surface area contributed by atoms with E-state index in [1.807, 2.05) is 0 Å². The summed E-state index contributed by atoms with van der Waals surface area (Å²) < 4.78 is 22.8. The summed E-state index contributed by atoms with van der Waals surface area (Å²) in [4.78, 5) is 0. The third kappa shape index (κ3) is 526. The van der Waals surface area contributed by atoms with Crippen LogP contribution in [0.4, 0.5) is 0 Å². The Bertz CT molecular complexity index is 31.9. The Morgan fingerprint density at radius 2 is 0.889 bits per heavy atom. The molecule has 0 heterocycles. The molecule has 0 bridgehead atoms. The molecule has 0 saturated heterocycles. The maximum Gasteiger partial charge on any atom is 0.299 e. The Labute approximate surface area is 75.7 Å². The van der Waals surface area contributed by atoms with E-state index in [4.69, 9.17) is 13.3 Å². The van der Waals surface area contributed by atoms with E-state index in [1.54, 1.807) is 0 Å². The minimum absolute atomic E-state index is 0. The summed E-state index contributed by atoms with van der Waals surface area (Å²) in [6.07, 6.45) is 0. The van der Waals surface area contributed by atoms with E-state index in [9.17, 15) is 0 Å². The van der Waals surface area contributed by atoms with Crippen molar-refractivity contribution >= 4 is 11.4 Å². The van der Waals surface area contributed by atoms with Crippen molar-refractivity contribution in [2.24, 2.45) is 0 Å². The number of hydrogen-bond acceptors (Lipinski definition) is 1. The molecule has 9 heteroatoms. The third-order valence-corrected chi connectivity index (χ3v) is 0. The topological polar surface area (TPSA) is 184 Å². The standard InChI is InChI=1S/H2O3S.4H2O.Pu/c1-4(2)3;;;;;/h(H2,1,2,3);4*1H2;. The minimum Gasteiger partial charge on any atom is -0.412 e. The quantitative estimate of drug-likeness (QED) is 0.400. The Kier molecular flexibility index (Phi) is 209. The van der Waals surface area contributed by atoms with Gasteiger partial charge in [-0.3, -0.25) is 9.11 Å². The van der Waals surface area contributed by atoms with Gasteiger partial charge in [0.2, 0.25) is 0 Å². The van der Waals surface area contributed by atoms with Crippen molar-refractivity contribution in [3.05, 3.63) is 0 Å². The van der Waals surface area contributed by atoms with Crippen molar-refractivity contribution < 1.29 is 64.4 Å². The zero-order chi connectivity index (χ0) is 3.58. The van der Waals surface area contributed by atoms with Gasteiger partial charge in [0, 0.05) is 29.2 Å². The molecule has 0 aliphatic carbocycles. The van der Waals surface area contributed by atoms with Crippen molar-refractivity contribution in [2.45, 2.75) is 0 Å². The smallest absolute Gasteiger partial charge is 0.299 e. The number of rotatable bonds is 0. The van der Waals surface area contributed by atoms with Crippen molar-refractivity contribution in [3.8, 4) is 0 Å². The monoisotopic (exact) mass is 392 g/mol. The van der Waals surface area contributed by atoms with Crippen LogP contribution in [-0.4, -0.2) is 35.2 Å². The van der Waals surface area contributed by atoms with Gasteiger partial charge in [-0.05, 0) is 0 Å². The first-order chi connectivity index (χ1) is 1.73. The molecule has 0 atom stereocenters. The summed E-state index contributed by atoms with van der Waals surface area (Å²) in [5.74, 6) is 0. The molecule has 0 unspecified atom stereocenters. The van der Waals surface area contributed by atoms with E-state index in [2.05, 4.69) is 0 Å². The summed E-state index contributed by atoms with van der Waals surface area (Å²) in [5.41, 5.74) is 0. The Hall–Kier alpha value is 0.897. The molecule has 64 valence electrons. The molecule has 0 fully saturated rings. The predicted octanol–water partition coefficient (Wildman–Crippen LogP) is -3.62. The summed E-state index contributed by atoms with van der Waals surface area (Å²) in [6.45, 7) is 0. The largest absolute Gasteiger partial charge is 0.412 e. The van der Waals surface area contributed by atoms with Crippen LogP contribution >= 0.6 is 0 Å². The van der Waals surface area contributed by atoms with Gasteiger partial charge < -0.3 is 21.9 Å². The fraction of sp³-hybridized carbons (Fsp3) is 0. The Morgan fingerprint density at radius 1 is 0.889 bits per heavy atom. The van der Waals surface area contributed by atoms with Crippen LogP contribution in [0.25, 0.3) is 0 Å². The van der Waals surface area contributed by atoms with Crippen LogP contribution in [0.5, 0.6) is 0 Å². The first-order valence-corrected chi connectivity index (χ1v) is 1.60. The molecule has 0 amide bonds. The van der Waals surface area contributed by atoms with E-state index in [-0.39, 0.29) is 51.1 Å². The zero-order valence-corrected chi connectivity index (χ0v) is 8.34. The van der Waals surface area contributed by atoms with Gasteiger partial charge in [-0.15, -0.1) is 0 Å². The second kappa shape index (κ2) is 36.5. The molecule has 0 aliphatic heterocycles. The molecule has 0 aromatic heterocycles. The molecule has 7 nitrogen and oxygen atoms in total. The third-order valence-electron chi connectivity index (χ3n) is 0. The maximum atomic E-state index is 8.67. The summed E-state index contributed by atoms with van der Waals surface area (Å²) >= 11 is -2.61. The van der Waals surface area contributed by atoms with Gasteiger partial charge in [-0.25, -0.2) is 0 Å². The molecule has 0 aromatic rings. The van der Waals surface area contributed by atoms with Crippen molar-refractivity contribution in [1.29, 1.82) is 0 Å². The summed E-state index contributed by atoms with van der Waals surface area (Å²) in [5, 5.41) is 0. The molecule has 10 N–H and O–H groups in total. The first-order valence-electron chi connectivity index (χ1n) is 0.532. The molecular weight excluding hydrogens is 388 g/mol. The van der Waals surface area contributed by atoms with Crippen LogP contribution in [0.2, 0.25) is 0 Å². The first kappa shape index (κ1) is 51.6. The van der Waals surface area contributed by atoms with Gasteiger partial charge in [0.15, 0.2) is 0 Å². The second-order valence-electron chi connectivity index (χ2n) is 0.231. The van der Waals surface area contributed by atoms with Gasteiger partial charge in [0.05, 0.1) is 0 Å². The van der Waals surface area contributed by atoms with Gasteiger partial charge in [0.1, 0.15) is 0 Å². The number of hydrogen-bond donors (Lipinski definition) is 2. The van der Waals surface area contributed by atoms with Crippen LogP contribution in [0.1, 0.15) is 0 Å². The van der Waals surface area contributed by atoms with Crippen molar-refractivity contribution in [2.75, 3.05) is 0 Å². The Balaban J connectivity index is -0.00000000450. The average Bonchev–Trinajstić information content (AvgIpc) is 0.811. The minimum atomic E-state index is -2.61. The summed E-state index contributed by atoms with van der Waals surface area (Å²) in [6, 6.07) is 0. The van der Waals surface area contributed by atoms with E-state index in [0.717, 1.165) is 0 Å². The average molecular weight is 398 g/mol. The van der Waals surface area contributed by atoms with Gasteiger partial charge in [0.25, 0.3) is 11.4 Å². The Morgan fingerprint density at radius 3 is 0.889 bits per heavy atom. The van der Waals surface area contributed by atoms with Gasteiger partial charge >= 0.3 is 0 Å². The van der Waals surface area contributed by atoms with Crippen LogP contribution in [0.3, 0.4) is 0 Å². The molecule has 0 spiro atoms.